The van der Waals surface area contributed by atoms with Crippen molar-refractivity contribution in [1.82, 2.24) is 9.80 Å². The predicted octanol–water partition coefficient (Wildman–Crippen LogP) is -0.279. The van der Waals surface area contributed by atoms with Crippen LogP contribution in [-0.2, 0) is 19.7 Å². The van der Waals surface area contributed by atoms with Gasteiger partial charge in [-0.1, -0.05) is 13.2 Å². The number of hydrogen-bond acceptors (Lipinski definition) is 6. The summed E-state index contributed by atoms with van der Waals surface area (Å²) in [6.45, 7) is 10.6. The molecule has 0 amide bonds. The van der Waals surface area contributed by atoms with Gasteiger partial charge in [0.1, 0.15) is 0 Å². The molecule has 0 atom stereocenters. The summed E-state index contributed by atoms with van der Waals surface area (Å²) in [5, 5.41) is 1.98. The number of hydrogen-bond donors (Lipinski definition) is 0. The van der Waals surface area contributed by atoms with Crippen molar-refractivity contribution >= 4 is 19.7 Å². The molecule has 0 aromatic rings. The highest BCUT2D eigenvalue weighted by Crippen LogP contribution is 2.04. The lowest BCUT2D eigenvalue weighted by molar-refractivity contribution is 0.143. The molecule has 0 saturated carbocycles. The van der Waals surface area contributed by atoms with Crippen LogP contribution in [0, 0.1) is 0 Å². The van der Waals surface area contributed by atoms with Gasteiger partial charge in [-0.3, -0.25) is 9.80 Å². The summed E-state index contributed by atoms with van der Waals surface area (Å²) in [4.78, 5) is 4.14. The summed E-state index contributed by atoms with van der Waals surface area (Å²) in [7, 11) is -6.29. The van der Waals surface area contributed by atoms with E-state index in [2.05, 4.69) is 23.0 Å². The molecule has 1 heterocycles. The van der Waals surface area contributed by atoms with E-state index in [9.17, 15) is 16.8 Å². The maximum atomic E-state index is 11.3. The highest BCUT2D eigenvalue weighted by Gasteiger charge is 2.19. The van der Waals surface area contributed by atoms with Crippen LogP contribution in [0.3, 0.4) is 0 Å². The van der Waals surface area contributed by atoms with Gasteiger partial charge in [0.05, 0.1) is 11.5 Å². The fraction of sp³-hybridized carbons (Fsp3) is 0.667. The van der Waals surface area contributed by atoms with Crippen LogP contribution in [0.1, 0.15) is 0 Å². The molecule has 1 aliphatic heterocycles. The minimum atomic E-state index is -3.15. The van der Waals surface area contributed by atoms with Crippen molar-refractivity contribution < 1.29 is 16.8 Å². The fourth-order valence-corrected chi connectivity index (χ4v) is 3.27. The van der Waals surface area contributed by atoms with Gasteiger partial charge in [0, 0.05) is 50.1 Å². The second kappa shape index (κ2) is 7.35. The van der Waals surface area contributed by atoms with E-state index in [1.807, 2.05) is 0 Å². The Balaban J connectivity index is 2.30. The van der Waals surface area contributed by atoms with Gasteiger partial charge < -0.3 is 0 Å². The lowest BCUT2D eigenvalue weighted by atomic mass is 10.3. The van der Waals surface area contributed by atoms with Gasteiger partial charge in [-0.25, -0.2) is 16.8 Å². The largest absolute Gasteiger partial charge is 0.300 e. The van der Waals surface area contributed by atoms with E-state index in [-0.39, 0.29) is 11.5 Å². The third-order valence-electron chi connectivity index (χ3n) is 3.36. The first-order valence-corrected chi connectivity index (χ1v) is 9.86. The van der Waals surface area contributed by atoms with E-state index in [0.717, 1.165) is 37.0 Å². The molecular weight excluding hydrogens is 300 g/mol. The lowest BCUT2D eigenvalue weighted by Gasteiger charge is -2.34. The Kier molecular flexibility index (Phi) is 6.38. The first kappa shape index (κ1) is 17.4. The van der Waals surface area contributed by atoms with E-state index >= 15 is 0 Å². The first-order valence-electron chi connectivity index (χ1n) is 6.43. The first-order chi connectivity index (χ1) is 9.28. The van der Waals surface area contributed by atoms with Gasteiger partial charge in [-0.2, -0.15) is 0 Å². The number of rotatable bonds is 8. The van der Waals surface area contributed by atoms with Crippen LogP contribution in [0.5, 0.6) is 0 Å². The normalized spacial score (nSPS) is 18.8. The Labute approximate surface area is 121 Å². The topological polar surface area (TPSA) is 74.8 Å². The molecule has 0 aromatic carbocycles. The minimum absolute atomic E-state index is 0.0847. The van der Waals surface area contributed by atoms with Crippen molar-refractivity contribution in [3.63, 3.8) is 0 Å². The molecule has 0 aromatic heterocycles. The Morgan fingerprint density at radius 3 is 1.30 bits per heavy atom. The second-order valence-corrected chi connectivity index (χ2v) is 8.89. The second-order valence-electron chi connectivity index (χ2n) is 4.75. The van der Waals surface area contributed by atoms with E-state index in [0.29, 0.717) is 13.1 Å². The van der Waals surface area contributed by atoms with Crippen LogP contribution < -0.4 is 0 Å². The molecule has 1 saturated heterocycles. The van der Waals surface area contributed by atoms with Crippen LogP contribution in [0.2, 0.25) is 0 Å². The summed E-state index contributed by atoms with van der Waals surface area (Å²) in [5.41, 5.74) is 0. The number of nitrogens with zero attached hydrogens (tertiary/aromatic N) is 2. The number of piperazine rings is 1. The van der Waals surface area contributed by atoms with Gasteiger partial charge in [-0.05, 0) is 0 Å². The average Bonchev–Trinajstić information content (AvgIpc) is 2.44. The predicted molar refractivity (Wildman–Crippen MR) is 80.8 cm³/mol. The van der Waals surface area contributed by atoms with Crippen LogP contribution >= 0.6 is 0 Å². The third-order valence-corrected chi connectivity index (χ3v) is 5.88. The maximum Gasteiger partial charge on any atom is 0.172 e. The van der Waals surface area contributed by atoms with Gasteiger partial charge in [0.25, 0.3) is 0 Å². The zero-order valence-electron chi connectivity index (χ0n) is 11.6. The van der Waals surface area contributed by atoms with Crippen molar-refractivity contribution in [2.75, 3.05) is 50.8 Å². The van der Waals surface area contributed by atoms with Crippen LogP contribution in [0.4, 0.5) is 0 Å². The van der Waals surface area contributed by atoms with Crippen LogP contribution in [-0.4, -0.2) is 77.4 Å². The highest BCUT2D eigenvalue weighted by atomic mass is 32.2. The van der Waals surface area contributed by atoms with E-state index in [1.165, 1.54) is 0 Å². The van der Waals surface area contributed by atoms with Gasteiger partial charge in [-0.15, -0.1) is 0 Å². The lowest BCUT2D eigenvalue weighted by Crippen LogP contribution is -2.48. The molecule has 8 heteroatoms. The van der Waals surface area contributed by atoms with Crippen molar-refractivity contribution in [3.05, 3.63) is 24.0 Å². The maximum absolute atomic E-state index is 11.3. The molecule has 1 aliphatic rings. The molecular formula is C12H22N2O4S2. The summed E-state index contributed by atoms with van der Waals surface area (Å²) < 4.78 is 45.3. The van der Waals surface area contributed by atoms with E-state index < -0.39 is 19.7 Å². The Morgan fingerprint density at radius 2 is 1.05 bits per heavy atom. The van der Waals surface area contributed by atoms with E-state index in [1.54, 1.807) is 0 Å². The Morgan fingerprint density at radius 1 is 0.750 bits per heavy atom. The van der Waals surface area contributed by atoms with E-state index in [4.69, 9.17) is 0 Å². The Bertz CT molecular complexity index is 482. The standard InChI is InChI=1S/C12H22N2O4S2/c1-3-19(15,16)11-9-13-5-7-14(8-6-13)10-12-20(17,18)4-2/h3-4H,1-2,5-12H2. The molecule has 0 spiro atoms. The smallest absolute Gasteiger partial charge is 0.172 e. The molecule has 0 unspecified atom stereocenters. The SMILES string of the molecule is C=CS(=O)(=O)CCN1CCN(CCS(=O)(=O)C=C)CC1. The zero-order valence-corrected chi connectivity index (χ0v) is 13.2. The van der Waals surface area contributed by atoms with Crippen LogP contribution in [0.25, 0.3) is 0 Å². The van der Waals surface area contributed by atoms with Crippen molar-refractivity contribution in [2.45, 2.75) is 0 Å². The Hall–Kier alpha value is -0.700. The van der Waals surface area contributed by atoms with Gasteiger partial charge in [0.2, 0.25) is 0 Å². The molecule has 6 nitrogen and oxygen atoms in total. The molecule has 0 bridgehead atoms. The zero-order chi connectivity index (χ0) is 15.2. The quantitative estimate of drug-likeness (QED) is 0.612. The molecule has 0 aliphatic carbocycles. The molecule has 0 radical (unpaired) electrons. The highest BCUT2D eigenvalue weighted by molar-refractivity contribution is 7.94. The summed E-state index contributed by atoms with van der Waals surface area (Å²) >= 11 is 0. The number of sulfone groups is 2. The average molecular weight is 322 g/mol. The fourth-order valence-electron chi connectivity index (χ4n) is 1.92. The van der Waals surface area contributed by atoms with Crippen LogP contribution in [0.15, 0.2) is 24.0 Å². The van der Waals surface area contributed by atoms with Gasteiger partial charge >= 0.3 is 0 Å². The molecule has 1 fully saturated rings. The monoisotopic (exact) mass is 322 g/mol. The summed E-state index contributed by atoms with van der Waals surface area (Å²) in [5.74, 6) is 0.169. The molecule has 0 N–H and O–H groups in total. The molecule has 20 heavy (non-hydrogen) atoms. The third kappa shape index (κ3) is 6.17. The minimum Gasteiger partial charge on any atom is -0.300 e. The molecule has 116 valence electrons. The molecule has 1 rings (SSSR count). The van der Waals surface area contributed by atoms with Gasteiger partial charge in [0.15, 0.2) is 19.7 Å². The summed E-state index contributed by atoms with van der Waals surface area (Å²) in [6.07, 6.45) is 0. The summed E-state index contributed by atoms with van der Waals surface area (Å²) in [6, 6.07) is 0. The van der Waals surface area contributed by atoms with Crippen molar-refractivity contribution in [1.29, 1.82) is 0 Å². The van der Waals surface area contributed by atoms with Crippen molar-refractivity contribution in [3.8, 4) is 0 Å². The van der Waals surface area contributed by atoms with Crippen molar-refractivity contribution in [2.24, 2.45) is 0 Å².